The molecule has 0 bridgehead atoms. The lowest BCUT2D eigenvalue weighted by Crippen LogP contribution is -2.40. The second-order valence-corrected chi connectivity index (χ2v) is 6.77. The summed E-state index contributed by atoms with van der Waals surface area (Å²) in [6.07, 6.45) is 0.671. The highest BCUT2D eigenvalue weighted by Gasteiger charge is 2.26. The maximum atomic E-state index is 12.8. The molecule has 0 unspecified atom stereocenters. The molecule has 2 aromatic rings. The topological polar surface area (TPSA) is 114 Å². The third kappa shape index (κ3) is 5.56. The highest BCUT2D eigenvalue weighted by molar-refractivity contribution is 7.98. The Labute approximate surface area is 172 Å². The van der Waals surface area contributed by atoms with Gasteiger partial charge in [-0.2, -0.15) is 5.26 Å². The molecule has 0 heterocycles. The van der Waals surface area contributed by atoms with E-state index < -0.39 is 22.9 Å². The number of carbonyl (C=O) groups is 2. The SMILES string of the molecule is CSc1ccc(C(=O)O[C@H](C)C(=O)N(CCC#N)c2ccccc2)cc1[N+](=O)[O-]. The fraction of sp³-hybridized carbons (Fsp3) is 0.250. The number of nitriles is 1. The van der Waals surface area contributed by atoms with Crippen LogP contribution >= 0.6 is 11.8 Å². The number of hydrogen-bond donors (Lipinski definition) is 0. The van der Waals surface area contributed by atoms with Crippen LogP contribution in [0, 0.1) is 21.4 Å². The molecule has 0 aliphatic heterocycles. The number of esters is 1. The van der Waals surface area contributed by atoms with Crippen molar-refractivity contribution in [3.05, 3.63) is 64.2 Å². The maximum absolute atomic E-state index is 12.8. The van der Waals surface area contributed by atoms with Crippen molar-refractivity contribution in [3.63, 3.8) is 0 Å². The van der Waals surface area contributed by atoms with Gasteiger partial charge in [0.05, 0.1) is 27.9 Å². The van der Waals surface area contributed by atoms with Gasteiger partial charge in [0.15, 0.2) is 6.10 Å². The van der Waals surface area contributed by atoms with Crippen LogP contribution in [-0.2, 0) is 9.53 Å². The lowest BCUT2D eigenvalue weighted by Gasteiger charge is -2.25. The normalized spacial score (nSPS) is 11.2. The van der Waals surface area contributed by atoms with Crippen molar-refractivity contribution in [1.82, 2.24) is 0 Å². The average Bonchev–Trinajstić information content (AvgIpc) is 2.73. The van der Waals surface area contributed by atoms with Crippen LogP contribution in [0.1, 0.15) is 23.7 Å². The highest BCUT2D eigenvalue weighted by atomic mass is 32.2. The fourth-order valence-corrected chi connectivity index (χ4v) is 3.14. The van der Waals surface area contributed by atoms with E-state index in [0.29, 0.717) is 10.6 Å². The van der Waals surface area contributed by atoms with Gasteiger partial charge in [-0.15, -0.1) is 11.8 Å². The zero-order chi connectivity index (χ0) is 21.4. The van der Waals surface area contributed by atoms with Gasteiger partial charge in [-0.05, 0) is 37.4 Å². The largest absolute Gasteiger partial charge is 0.449 e. The van der Waals surface area contributed by atoms with Crippen LogP contribution in [0.15, 0.2) is 53.4 Å². The number of thioether (sulfide) groups is 1. The van der Waals surface area contributed by atoms with Crippen LogP contribution in [0.4, 0.5) is 11.4 Å². The quantitative estimate of drug-likeness (QED) is 0.280. The average molecular weight is 413 g/mol. The summed E-state index contributed by atoms with van der Waals surface area (Å²) in [6.45, 7) is 1.57. The molecule has 9 heteroatoms. The molecule has 29 heavy (non-hydrogen) atoms. The summed E-state index contributed by atoms with van der Waals surface area (Å²) in [5.41, 5.74) is 0.360. The van der Waals surface area contributed by atoms with Crippen LogP contribution in [0.25, 0.3) is 0 Å². The van der Waals surface area contributed by atoms with E-state index in [-0.39, 0.29) is 24.2 Å². The predicted molar refractivity (Wildman–Crippen MR) is 109 cm³/mol. The Bertz CT molecular complexity index is 943. The van der Waals surface area contributed by atoms with E-state index >= 15 is 0 Å². The third-order valence-corrected chi connectivity index (χ3v) is 4.81. The molecule has 0 saturated heterocycles. The van der Waals surface area contributed by atoms with Crippen molar-refractivity contribution in [2.45, 2.75) is 24.3 Å². The molecule has 0 fully saturated rings. The van der Waals surface area contributed by atoms with Crippen molar-refractivity contribution in [1.29, 1.82) is 5.26 Å². The molecule has 0 aliphatic carbocycles. The van der Waals surface area contributed by atoms with Crippen LogP contribution < -0.4 is 4.90 Å². The number of nitrogens with zero attached hydrogens (tertiary/aromatic N) is 3. The molecule has 0 N–H and O–H groups in total. The number of anilines is 1. The Kier molecular flexibility index (Phi) is 7.74. The van der Waals surface area contributed by atoms with Crippen molar-refractivity contribution >= 4 is 35.0 Å². The number of nitro benzene ring substituents is 1. The Morgan fingerprint density at radius 3 is 2.55 bits per heavy atom. The minimum Gasteiger partial charge on any atom is -0.449 e. The molecule has 2 rings (SSSR count). The monoisotopic (exact) mass is 413 g/mol. The molecule has 0 aromatic heterocycles. The van der Waals surface area contributed by atoms with Crippen molar-refractivity contribution in [2.24, 2.45) is 0 Å². The Morgan fingerprint density at radius 1 is 1.28 bits per heavy atom. The molecule has 1 atom stereocenters. The van der Waals surface area contributed by atoms with E-state index in [0.717, 1.165) is 6.07 Å². The summed E-state index contributed by atoms with van der Waals surface area (Å²) in [6, 6.07) is 14.8. The number of benzene rings is 2. The second-order valence-electron chi connectivity index (χ2n) is 5.92. The molecule has 2 aromatic carbocycles. The Hall–Kier alpha value is -3.38. The van der Waals surface area contributed by atoms with Crippen molar-refractivity contribution in [3.8, 4) is 6.07 Å². The van der Waals surface area contributed by atoms with E-state index in [1.54, 1.807) is 36.6 Å². The smallest absolute Gasteiger partial charge is 0.339 e. The number of hydrogen-bond acceptors (Lipinski definition) is 7. The Morgan fingerprint density at radius 2 is 1.97 bits per heavy atom. The minimum atomic E-state index is -1.14. The number of para-hydroxylation sites is 1. The maximum Gasteiger partial charge on any atom is 0.339 e. The minimum absolute atomic E-state index is 0.0163. The molecule has 0 radical (unpaired) electrons. The van der Waals surface area contributed by atoms with E-state index in [1.807, 2.05) is 6.07 Å². The Balaban J connectivity index is 2.19. The molecule has 1 amide bonds. The van der Waals surface area contributed by atoms with Gasteiger partial charge >= 0.3 is 5.97 Å². The molecule has 8 nitrogen and oxygen atoms in total. The zero-order valence-electron chi connectivity index (χ0n) is 15.9. The summed E-state index contributed by atoms with van der Waals surface area (Å²) in [5, 5.41) is 20.0. The molecular weight excluding hydrogens is 394 g/mol. The molecular formula is C20H19N3O5S. The van der Waals surface area contributed by atoms with Gasteiger partial charge in [0, 0.05) is 18.3 Å². The van der Waals surface area contributed by atoms with E-state index in [9.17, 15) is 19.7 Å². The van der Waals surface area contributed by atoms with Gasteiger partial charge in [0.2, 0.25) is 0 Å². The molecule has 150 valence electrons. The van der Waals surface area contributed by atoms with Crippen LogP contribution in [-0.4, -0.2) is 35.7 Å². The predicted octanol–water partition coefficient (Wildman–Crippen LogP) is 3.81. The lowest BCUT2D eigenvalue weighted by atomic mass is 10.2. The zero-order valence-corrected chi connectivity index (χ0v) is 16.7. The summed E-state index contributed by atoms with van der Waals surface area (Å²) in [7, 11) is 0. The van der Waals surface area contributed by atoms with Crippen LogP contribution in [0.5, 0.6) is 0 Å². The summed E-state index contributed by atoms with van der Waals surface area (Å²) in [4.78, 5) is 37.7. The fourth-order valence-electron chi connectivity index (χ4n) is 2.59. The van der Waals surface area contributed by atoms with E-state index in [4.69, 9.17) is 10.00 Å². The van der Waals surface area contributed by atoms with Gasteiger partial charge in [-0.3, -0.25) is 14.9 Å². The summed E-state index contributed by atoms with van der Waals surface area (Å²) in [5.74, 6) is -1.33. The number of ether oxygens (including phenoxy) is 1. The van der Waals surface area contributed by atoms with Gasteiger partial charge in [-0.25, -0.2) is 4.79 Å². The van der Waals surface area contributed by atoms with E-state index in [2.05, 4.69) is 0 Å². The first-order valence-electron chi connectivity index (χ1n) is 8.65. The van der Waals surface area contributed by atoms with Crippen molar-refractivity contribution < 1.29 is 19.2 Å². The highest BCUT2D eigenvalue weighted by Crippen LogP contribution is 2.28. The van der Waals surface area contributed by atoms with Crippen LogP contribution in [0.2, 0.25) is 0 Å². The third-order valence-electron chi connectivity index (χ3n) is 4.02. The van der Waals surface area contributed by atoms with Gasteiger partial charge in [0.1, 0.15) is 0 Å². The lowest BCUT2D eigenvalue weighted by molar-refractivity contribution is -0.387. The van der Waals surface area contributed by atoms with Crippen LogP contribution in [0.3, 0.4) is 0 Å². The van der Waals surface area contributed by atoms with Gasteiger partial charge in [-0.1, -0.05) is 18.2 Å². The number of rotatable bonds is 8. The van der Waals surface area contributed by atoms with E-state index in [1.165, 1.54) is 35.7 Å². The standard InChI is InChI=1S/C20H19N3O5S/c1-14(19(24)22(12-6-11-21)16-7-4-3-5-8-16)28-20(25)15-9-10-18(29-2)17(13-15)23(26)27/h3-5,7-10,13-14H,6,12H2,1-2H3/t14-/m1/s1. The van der Waals surface area contributed by atoms with Crippen molar-refractivity contribution in [2.75, 3.05) is 17.7 Å². The molecule has 0 aliphatic rings. The number of carbonyl (C=O) groups excluding carboxylic acids is 2. The van der Waals surface area contributed by atoms with Gasteiger partial charge in [0.25, 0.3) is 11.6 Å². The second kappa shape index (κ2) is 10.2. The first-order chi connectivity index (χ1) is 13.9. The summed E-state index contributed by atoms with van der Waals surface area (Å²) >= 11 is 1.19. The first-order valence-corrected chi connectivity index (χ1v) is 9.88. The number of nitro groups is 1. The summed E-state index contributed by atoms with van der Waals surface area (Å²) < 4.78 is 5.25. The molecule has 0 spiro atoms. The molecule has 0 saturated carbocycles. The number of amides is 1. The van der Waals surface area contributed by atoms with Gasteiger partial charge < -0.3 is 9.64 Å². The first kappa shape index (κ1) is 21.9.